The summed E-state index contributed by atoms with van der Waals surface area (Å²) in [6, 6.07) is 0.736. The third-order valence-corrected chi connectivity index (χ3v) is 2.67. The van der Waals surface area contributed by atoms with Crippen LogP contribution in [-0.4, -0.2) is 38.1 Å². The third kappa shape index (κ3) is 7.03. The van der Waals surface area contributed by atoms with Crippen molar-refractivity contribution < 1.29 is 0 Å². The lowest BCUT2D eigenvalue weighted by Crippen LogP contribution is -2.30. The predicted octanol–water partition coefficient (Wildman–Crippen LogP) is 2.11. The molecule has 0 saturated heterocycles. The quantitative estimate of drug-likeness (QED) is 0.584. The van der Waals surface area contributed by atoms with E-state index in [1.165, 1.54) is 32.2 Å². The Balaban J connectivity index is 3.38. The van der Waals surface area contributed by atoms with Gasteiger partial charge in [0, 0.05) is 6.04 Å². The number of rotatable bonds is 8. The first-order valence-corrected chi connectivity index (χ1v) is 5.57. The zero-order valence-corrected chi connectivity index (χ0v) is 9.77. The van der Waals surface area contributed by atoms with Gasteiger partial charge in [0.25, 0.3) is 0 Å². The number of hydrogen-bond donors (Lipinski definition) is 1. The van der Waals surface area contributed by atoms with E-state index in [1.807, 2.05) is 7.05 Å². The Bertz CT molecular complexity index is 104. The van der Waals surface area contributed by atoms with Gasteiger partial charge in [0.15, 0.2) is 0 Å². The van der Waals surface area contributed by atoms with E-state index in [0.29, 0.717) is 0 Å². The lowest BCUT2D eigenvalue weighted by molar-refractivity contribution is 0.239. The largest absolute Gasteiger partial charge is 0.320 e. The molecule has 1 N–H and O–H groups in total. The van der Waals surface area contributed by atoms with Crippen LogP contribution in [0, 0.1) is 0 Å². The molecule has 0 rings (SSSR count). The smallest absolute Gasteiger partial charge is 0.00643 e. The van der Waals surface area contributed by atoms with E-state index in [-0.39, 0.29) is 0 Å². The average Bonchev–Trinajstić information content (AvgIpc) is 2.14. The highest BCUT2D eigenvalue weighted by Crippen LogP contribution is 2.04. The first kappa shape index (κ1) is 12.9. The summed E-state index contributed by atoms with van der Waals surface area (Å²) in [5, 5.41) is 3.19. The van der Waals surface area contributed by atoms with E-state index in [9.17, 15) is 0 Å². The lowest BCUT2D eigenvalue weighted by atomic mass is 10.1. The molecular weight excluding hydrogens is 160 g/mol. The Morgan fingerprint density at radius 3 is 2.54 bits per heavy atom. The summed E-state index contributed by atoms with van der Waals surface area (Å²) in [7, 11) is 4.26. The van der Waals surface area contributed by atoms with Gasteiger partial charge in [0.2, 0.25) is 0 Å². The summed E-state index contributed by atoms with van der Waals surface area (Å²) in [5.41, 5.74) is 0. The van der Waals surface area contributed by atoms with Crippen molar-refractivity contribution in [2.75, 3.05) is 27.2 Å². The maximum Gasteiger partial charge on any atom is 0.00643 e. The van der Waals surface area contributed by atoms with Gasteiger partial charge in [-0.05, 0) is 53.4 Å². The molecule has 0 aliphatic carbocycles. The molecule has 0 heterocycles. The molecule has 0 bridgehead atoms. The number of unbranched alkanes of at least 4 members (excludes halogenated alkanes) is 1. The second-order valence-corrected chi connectivity index (χ2v) is 3.93. The van der Waals surface area contributed by atoms with Crippen LogP contribution in [0.5, 0.6) is 0 Å². The molecule has 1 unspecified atom stereocenters. The standard InChI is InChI=1S/C11H26N2/c1-5-6-10-13(4)11(2)8-7-9-12-3/h11-12H,5-10H2,1-4H3. The van der Waals surface area contributed by atoms with Crippen molar-refractivity contribution in [1.29, 1.82) is 0 Å². The average molecular weight is 186 g/mol. The molecule has 0 amide bonds. The van der Waals surface area contributed by atoms with E-state index in [4.69, 9.17) is 0 Å². The van der Waals surface area contributed by atoms with E-state index < -0.39 is 0 Å². The fraction of sp³-hybridized carbons (Fsp3) is 1.00. The van der Waals surface area contributed by atoms with E-state index in [1.54, 1.807) is 0 Å². The van der Waals surface area contributed by atoms with Crippen LogP contribution in [0.3, 0.4) is 0 Å². The predicted molar refractivity (Wildman–Crippen MR) is 60.2 cm³/mol. The van der Waals surface area contributed by atoms with Crippen molar-refractivity contribution in [3.05, 3.63) is 0 Å². The van der Waals surface area contributed by atoms with Gasteiger partial charge in [-0.25, -0.2) is 0 Å². The topological polar surface area (TPSA) is 15.3 Å². The van der Waals surface area contributed by atoms with Gasteiger partial charge in [0.05, 0.1) is 0 Å². The highest BCUT2D eigenvalue weighted by Gasteiger charge is 2.06. The molecule has 0 aliphatic heterocycles. The van der Waals surface area contributed by atoms with Crippen LogP contribution in [0.15, 0.2) is 0 Å². The minimum absolute atomic E-state index is 0.736. The van der Waals surface area contributed by atoms with E-state index in [0.717, 1.165) is 12.6 Å². The van der Waals surface area contributed by atoms with Crippen molar-refractivity contribution >= 4 is 0 Å². The Labute approximate surface area is 83.7 Å². The van der Waals surface area contributed by atoms with Crippen LogP contribution in [0.4, 0.5) is 0 Å². The van der Waals surface area contributed by atoms with Gasteiger partial charge in [0.1, 0.15) is 0 Å². The van der Waals surface area contributed by atoms with Crippen molar-refractivity contribution in [1.82, 2.24) is 10.2 Å². The molecule has 0 fully saturated rings. The van der Waals surface area contributed by atoms with Crippen molar-refractivity contribution in [3.8, 4) is 0 Å². The highest BCUT2D eigenvalue weighted by molar-refractivity contribution is 4.63. The zero-order chi connectivity index (χ0) is 10.1. The monoisotopic (exact) mass is 186 g/mol. The van der Waals surface area contributed by atoms with Gasteiger partial charge in [-0.1, -0.05) is 13.3 Å². The van der Waals surface area contributed by atoms with Gasteiger partial charge in [-0.3, -0.25) is 0 Å². The molecule has 0 aromatic heterocycles. The molecule has 2 heteroatoms. The molecular formula is C11H26N2. The van der Waals surface area contributed by atoms with Gasteiger partial charge >= 0.3 is 0 Å². The molecule has 1 atom stereocenters. The normalized spacial score (nSPS) is 13.6. The van der Waals surface area contributed by atoms with Crippen LogP contribution >= 0.6 is 0 Å². The third-order valence-electron chi connectivity index (χ3n) is 2.67. The van der Waals surface area contributed by atoms with E-state index in [2.05, 4.69) is 31.1 Å². The summed E-state index contributed by atoms with van der Waals surface area (Å²) in [6.07, 6.45) is 5.22. The molecule has 0 saturated carbocycles. The van der Waals surface area contributed by atoms with Gasteiger partial charge in [-0.15, -0.1) is 0 Å². The fourth-order valence-electron chi connectivity index (χ4n) is 1.42. The number of hydrogen-bond acceptors (Lipinski definition) is 2. The summed E-state index contributed by atoms with van der Waals surface area (Å²) in [5.74, 6) is 0. The van der Waals surface area contributed by atoms with Crippen molar-refractivity contribution in [2.45, 2.75) is 45.6 Å². The summed E-state index contributed by atoms with van der Waals surface area (Å²) in [6.45, 7) is 6.97. The Morgan fingerprint density at radius 1 is 1.31 bits per heavy atom. The second kappa shape index (κ2) is 8.52. The SMILES string of the molecule is CCCCN(C)C(C)CCCNC. The molecule has 0 radical (unpaired) electrons. The number of nitrogens with one attached hydrogen (secondary N) is 1. The van der Waals surface area contributed by atoms with Gasteiger partial charge in [-0.2, -0.15) is 0 Å². The first-order valence-electron chi connectivity index (χ1n) is 5.57. The van der Waals surface area contributed by atoms with Crippen LogP contribution in [0.1, 0.15) is 39.5 Å². The van der Waals surface area contributed by atoms with Gasteiger partial charge < -0.3 is 10.2 Å². The fourth-order valence-corrected chi connectivity index (χ4v) is 1.42. The minimum atomic E-state index is 0.736. The molecule has 0 aromatic rings. The summed E-state index contributed by atoms with van der Waals surface area (Å²) in [4.78, 5) is 2.47. The minimum Gasteiger partial charge on any atom is -0.320 e. The Kier molecular flexibility index (Phi) is 8.46. The zero-order valence-electron chi connectivity index (χ0n) is 9.77. The van der Waals surface area contributed by atoms with Crippen LogP contribution in [0.25, 0.3) is 0 Å². The summed E-state index contributed by atoms with van der Waals surface area (Å²) < 4.78 is 0. The molecule has 0 spiro atoms. The molecule has 0 aliphatic rings. The van der Waals surface area contributed by atoms with E-state index >= 15 is 0 Å². The molecule has 80 valence electrons. The van der Waals surface area contributed by atoms with Crippen molar-refractivity contribution in [3.63, 3.8) is 0 Å². The Morgan fingerprint density at radius 2 is 2.00 bits per heavy atom. The Hall–Kier alpha value is -0.0800. The maximum absolute atomic E-state index is 3.19. The van der Waals surface area contributed by atoms with Crippen LogP contribution < -0.4 is 5.32 Å². The lowest BCUT2D eigenvalue weighted by Gasteiger charge is -2.24. The molecule has 0 aromatic carbocycles. The summed E-state index contributed by atoms with van der Waals surface area (Å²) >= 11 is 0. The van der Waals surface area contributed by atoms with Crippen molar-refractivity contribution in [2.24, 2.45) is 0 Å². The molecule has 13 heavy (non-hydrogen) atoms. The first-order chi connectivity index (χ1) is 6.22. The molecule has 2 nitrogen and oxygen atoms in total. The number of nitrogens with zero attached hydrogens (tertiary/aromatic N) is 1. The second-order valence-electron chi connectivity index (χ2n) is 3.93. The maximum atomic E-state index is 3.19. The van der Waals surface area contributed by atoms with Crippen LogP contribution in [-0.2, 0) is 0 Å². The van der Waals surface area contributed by atoms with Crippen LogP contribution in [0.2, 0.25) is 0 Å². The highest BCUT2D eigenvalue weighted by atomic mass is 15.1.